The Morgan fingerprint density at radius 3 is 1.92 bits per heavy atom. The van der Waals surface area contributed by atoms with Crippen LogP contribution in [0.2, 0.25) is 0 Å². The maximum Gasteiger partial charge on any atom is 0.573 e. The Hall–Kier alpha value is -3.54. The summed E-state index contributed by atoms with van der Waals surface area (Å²) in [7, 11) is 0. The SMILES string of the molecule is N#Cc1ccccc1C(=O)O.O=C(O)c1ccc(OC(F)(F)F)cc1. The van der Waals surface area contributed by atoms with Gasteiger partial charge >= 0.3 is 18.3 Å². The number of carboxylic acids is 2. The Balaban J connectivity index is 0.000000257. The van der Waals surface area contributed by atoms with Gasteiger partial charge in [0.2, 0.25) is 0 Å². The molecule has 0 heterocycles. The average Bonchev–Trinajstić information content (AvgIpc) is 2.54. The molecule has 0 fully saturated rings. The molecule has 130 valence electrons. The first-order valence-electron chi connectivity index (χ1n) is 6.45. The van der Waals surface area contributed by atoms with Gasteiger partial charge in [-0.1, -0.05) is 12.1 Å². The van der Waals surface area contributed by atoms with Crippen molar-refractivity contribution >= 4 is 11.9 Å². The molecule has 0 aliphatic heterocycles. The number of nitriles is 1. The smallest absolute Gasteiger partial charge is 0.478 e. The van der Waals surface area contributed by atoms with Gasteiger partial charge in [0.1, 0.15) is 11.8 Å². The molecule has 0 amide bonds. The first-order valence-corrected chi connectivity index (χ1v) is 6.45. The molecule has 0 atom stereocenters. The summed E-state index contributed by atoms with van der Waals surface area (Å²) in [5, 5.41) is 25.4. The number of rotatable bonds is 3. The molecular formula is C16H10F3NO5. The van der Waals surface area contributed by atoms with Crippen LogP contribution in [0, 0.1) is 11.3 Å². The van der Waals surface area contributed by atoms with Crippen molar-refractivity contribution in [3.63, 3.8) is 0 Å². The van der Waals surface area contributed by atoms with Gasteiger partial charge in [-0.05, 0) is 36.4 Å². The molecule has 9 heteroatoms. The molecule has 0 unspecified atom stereocenters. The van der Waals surface area contributed by atoms with Crippen molar-refractivity contribution in [2.24, 2.45) is 0 Å². The van der Waals surface area contributed by atoms with Crippen LogP contribution in [0.4, 0.5) is 13.2 Å². The first-order chi connectivity index (χ1) is 11.6. The molecule has 2 aromatic rings. The van der Waals surface area contributed by atoms with Crippen LogP contribution in [0.15, 0.2) is 48.5 Å². The normalized spacial score (nSPS) is 10.0. The number of benzene rings is 2. The summed E-state index contributed by atoms with van der Waals surface area (Å²) < 4.78 is 38.5. The van der Waals surface area contributed by atoms with E-state index in [1.54, 1.807) is 18.2 Å². The zero-order valence-electron chi connectivity index (χ0n) is 12.3. The van der Waals surface area contributed by atoms with E-state index in [0.29, 0.717) is 0 Å². The number of carboxylic acid groups (broad SMARTS) is 2. The van der Waals surface area contributed by atoms with Crippen LogP contribution in [0.25, 0.3) is 0 Å². The first kappa shape index (κ1) is 19.5. The quantitative estimate of drug-likeness (QED) is 0.874. The third kappa shape index (κ3) is 6.62. The average molecular weight is 353 g/mol. The van der Waals surface area contributed by atoms with Gasteiger partial charge in [0, 0.05) is 0 Å². The molecule has 0 bridgehead atoms. The van der Waals surface area contributed by atoms with Gasteiger partial charge in [-0.3, -0.25) is 0 Å². The van der Waals surface area contributed by atoms with Crippen molar-refractivity contribution in [1.29, 1.82) is 5.26 Å². The van der Waals surface area contributed by atoms with Crippen LogP contribution in [0.5, 0.6) is 5.75 Å². The van der Waals surface area contributed by atoms with Crippen LogP contribution >= 0.6 is 0 Å². The minimum atomic E-state index is -4.76. The van der Waals surface area contributed by atoms with Gasteiger partial charge in [0.05, 0.1) is 16.7 Å². The van der Waals surface area contributed by atoms with Crippen LogP contribution in [-0.4, -0.2) is 28.5 Å². The van der Waals surface area contributed by atoms with Crippen molar-refractivity contribution in [3.05, 3.63) is 65.2 Å². The minimum Gasteiger partial charge on any atom is -0.478 e. The molecule has 0 saturated heterocycles. The second kappa shape index (κ2) is 8.35. The fourth-order valence-corrected chi connectivity index (χ4v) is 1.57. The second-order valence-electron chi connectivity index (χ2n) is 4.34. The summed E-state index contributed by atoms with van der Waals surface area (Å²) in [6.45, 7) is 0. The number of alkyl halides is 3. The lowest BCUT2D eigenvalue weighted by molar-refractivity contribution is -0.274. The third-order valence-electron chi connectivity index (χ3n) is 2.61. The molecule has 0 spiro atoms. The molecule has 2 N–H and O–H groups in total. The molecular weight excluding hydrogens is 343 g/mol. The van der Waals surface area contributed by atoms with Gasteiger partial charge in [0.15, 0.2) is 0 Å². The highest BCUT2D eigenvalue weighted by molar-refractivity contribution is 5.90. The van der Waals surface area contributed by atoms with Gasteiger partial charge in [-0.25, -0.2) is 9.59 Å². The summed E-state index contributed by atoms with van der Waals surface area (Å²) in [5.74, 6) is -2.71. The lowest BCUT2D eigenvalue weighted by atomic mass is 10.1. The zero-order chi connectivity index (χ0) is 19.0. The van der Waals surface area contributed by atoms with E-state index in [2.05, 4.69) is 4.74 Å². The number of hydrogen-bond donors (Lipinski definition) is 2. The van der Waals surface area contributed by atoms with Gasteiger partial charge in [0.25, 0.3) is 0 Å². The monoisotopic (exact) mass is 353 g/mol. The van der Waals surface area contributed by atoms with E-state index in [9.17, 15) is 22.8 Å². The number of hydrogen-bond acceptors (Lipinski definition) is 4. The van der Waals surface area contributed by atoms with Gasteiger partial charge in [-0.2, -0.15) is 5.26 Å². The maximum atomic E-state index is 11.7. The standard InChI is InChI=1S/C8H5F3O3.C8H5NO2/c9-8(10,11)14-6-3-1-5(2-4-6)7(12)13;9-5-6-3-1-2-4-7(6)8(10)11/h1-4H,(H,12,13);1-4H,(H,10,11). The Bertz CT molecular complexity index is 795. The minimum absolute atomic E-state index is 0.0509. The highest BCUT2D eigenvalue weighted by Crippen LogP contribution is 2.22. The lowest BCUT2D eigenvalue weighted by Gasteiger charge is -2.08. The molecule has 0 saturated carbocycles. The predicted molar refractivity (Wildman–Crippen MR) is 78.2 cm³/mol. The molecule has 2 aromatic carbocycles. The van der Waals surface area contributed by atoms with Crippen LogP contribution in [0.3, 0.4) is 0 Å². The number of nitrogens with zero attached hydrogens (tertiary/aromatic N) is 1. The molecule has 0 radical (unpaired) electrons. The lowest BCUT2D eigenvalue weighted by Crippen LogP contribution is -2.17. The Labute approximate surface area is 139 Å². The number of aromatic carboxylic acids is 2. The third-order valence-corrected chi connectivity index (χ3v) is 2.61. The number of carbonyl (C=O) groups is 2. The van der Waals surface area contributed by atoms with E-state index in [0.717, 1.165) is 24.3 Å². The van der Waals surface area contributed by atoms with Gasteiger partial charge < -0.3 is 14.9 Å². The summed E-state index contributed by atoms with van der Waals surface area (Å²) in [5.41, 5.74) is 0.148. The van der Waals surface area contributed by atoms with Crippen LogP contribution < -0.4 is 4.74 Å². The molecule has 0 aromatic heterocycles. The second-order valence-corrected chi connectivity index (χ2v) is 4.34. The molecule has 25 heavy (non-hydrogen) atoms. The zero-order valence-corrected chi connectivity index (χ0v) is 12.3. The fraction of sp³-hybridized carbons (Fsp3) is 0.0625. The summed E-state index contributed by atoms with van der Waals surface area (Å²) in [6, 6.07) is 11.8. The van der Waals surface area contributed by atoms with Crippen LogP contribution in [-0.2, 0) is 0 Å². The molecule has 0 aliphatic rings. The van der Waals surface area contributed by atoms with E-state index in [1.807, 2.05) is 0 Å². The highest BCUT2D eigenvalue weighted by atomic mass is 19.4. The molecule has 2 rings (SSSR count). The van der Waals surface area contributed by atoms with E-state index < -0.39 is 24.1 Å². The summed E-state index contributed by atoms with van der Waals surface area (Å²) in [6.07, 6.45) is -4.76. The fourth-order valence-electron chi connectivity index (χ4n) is 1.57. The Morgan fingerprint density at radius 1 is 0.960 bits per heavy atom. The largest absolute Gasteiger partial charge is 0.573 e. The van der Waals surface area contributed by atoms with Crippen molar-refractivity contribution in [3.8, 4) is 11.8 Å². The maximum absolute atomic E-state index is 11.7. The highest BCUT2D eigenvalue weighted by Gasteiger charge is 2.31. The van der Waals surface area contributed by atoms with E-state index in [1.165, 1.54) is 12.1 Å². The van der Waals surface area contributed by atoms with Crippen LogP contribution in [0.1, 0.15) is 26.3 Å². The number of halogens is 3. The molecule has 6 nitrogen and oxygen atoms in total. The van der Waals surface area contributed by atoms with Crippen molar-refractivity contribution in [2.75, 3.05) is 0 Å². The Morgan fingerprint density at radius 2 is 1.52 bits per heavy atom. The van der Waals surface area contributed by atoms with Crippen molar-refractivity contribution < 1.29 is 37.7 Å². The van der Waals surface area contributed by atoms with Crippen molar-refractivity contribution in [2.45, 2.75) is 6.36 Å². The Kier molecular flexibility index (Phi) is 6.52. The van der Waals surface area contributed by atoms with Crippen molar-refractivity contribution in [1.82, 2.24) is 0 Å². The molecule has 0 aliphatic carbocycles. The van der Waals surface area contributed by atoms with E-state index >= 15 is 0 Å². The van der Waals surface area contributed by atoms with Gasteiger partial charge in [-0.15, -0.1) is 13.2 Å². The van der Waals surface area contributed by atoms with E-state index in [4.69, 9.17) is 15.5 Å². The topological polar surface area (TPSA) is 108 Å². The summed E-state index contributed by atoms with van der Waals surface area (Å²) in [4.78, 5) is 20.8. The number of ether oxygens (including phenoxy) is 1. The summed E-state index contributed by atoms with van der Waals surface area (Å²) >= 11 is 0. The van der Waals surface area contributed by atoms with E-state index in [-0.39, 0.29) is 16.7 Å². The predicted octanol–water partition coefficient (Wildman–Crippen LogP) is 3.54.